The van der Waals surface area contributed by atoms with Gasteiger partial charge in [-0.25, -0.2) is 0 Å². The first-order valence-corrected chi connectivity index (χ1v) is 9.30. The largest absolute Gasteiger partial charge is 0.342 e. The summed E-state index contributed by atoms with van der Waals surface area (Å²) in [5.41, 5.74) is 1.88. The number of rotatable bonds is 4. The molecule has 0 N–H and O–H groups in total. The van der Waals surface area contributed by atoms with Crippen LogP contribution in [0.1, 0.15) is 43.0 Å². The average molecular weight is 362 g/mol. The van der Waals surface area contributed by atoms with E-state index in [9.17, 15) is 4.79 Å². The van der Waals surface area contributed by atoms with Crippen LogP contribution in [0.15, 0.2) is 59.4 Å². The molecule has 0 aliphatic carbocycles. The Bertz CT molecular complexity index is 887. The van der Waals surface area contributed by atoms with Crippen LogP contribution in [0.2, 0.25) is 0 Å². The molecule has 1 aromatic carbocycles. The number of amides is 1. The average Bonchev–Trinajstić information content (AvgIpc) is 3.24. The number of carbonyl (C=O) groups excluding carboxylic acids is 1. The second-order valence-electron chi connectivity index (χ2n) is 6.93. The molecule has 1 saturated heterocycles. The number of aromatic nitrogens is 3. The highest BCUT2D eigenvalue weighted by Gasteiger charge is 2.29. The summed E-state index contributed by atoms with van der Waals surface area (Å²) in [6.07, 6.45) is 5.12. The molecular weight excluding hydrogens is 340 g/mol. The van der Waals surface area contributed by atoms with Gasteiger partial charge in [-0.3, -0.25) is 9.78 Å². The number of nitrogens with zero attached hydrogens (tertiary/aromatic N) is 4. The summed E-state index contributed by atoms with van der Waals surface area (Å²) in [5, 5.41) is 4.15. The lowest BCUT2D eigenvalue weighted by Gasteiger charge is -2.32. The smallest absolute Gasteiger partial charge is 0.259 e. The van der Waals surface area contributed by atoms with Crippen molar-refractivity contribution in [3.8, 4) is 11.5 Å². The van der Waals surface area contributed by atoms with Gasteiger partial charge in [0.15, 0.2) is 5.82 Å². The molecule has 1 amide bonds. The summed E-state index contributed by atoms with van der Waals surface area (Å²) in [5.74, 6) is 1.50. The van der Waals surface area contributed by atoms with E-state index in [-0.39, 0.29) is 17.7 Å². The molecule has 3 aromatic rings. The minimum atomic E-state index is -0.120. The summed E-state index contributed by atoms with van der Waals surface area (Å²) < 4.78 is 5.39. The van der Waals surface area contributed by atoms with Crippen LogP contribution in [0.4, 0.5) is 0 Å². The molecular formula is C21H22N4O2. The fraction of sp³-hybridized carbons (Fsp3) is 0.333. The molecule has 4 rings (SSSR count). The molecule has 1 fully saturated rings. The van der Waals surface area contributed by atoms with Crippen molar-refractivity contribution in [1.82, 2.24) is 20.0 Å². The van der Waals surface area contributed by atoms with Gasteiger partial charge in [0.1, 0.15) is 0 Å². The maximum Gasteiger partial charge on any atom is 0.259 e. The van der Waals surface area contributed by atoms with Crippen LogP contribution in [0, 0.1) is 0 Å². The van der Waals surface area contributed by atoms with Crippen molar-refractivity contribution in [1.29, 1.82) is 0 Å². The third-order valence-corrected chi connectivity index (χ3v) is 5.19. The van der Waals surface area contributed by atoms with E-state index in [4.69, 9.17) is 4.52 Å². The highest BCUT2D eigenvalue weighted by Crippen LogP contribution is 2.29. The van der Waals surface area contributed by atoms with Crippen molar-refractivity contribution in [2.75, 3.05) is 13.1 Å². The van der Waals surface area contributed by atoms with Crippen LogP contribution < -0.4 is 0 Å². The second kappa shape index (κ2) is 7.70. The summed E-state index contributed by atoms with van der Waals surface area (Å²) in [7, 11) is 0. The molecule has 3 heterocycles. The first kappa shape index (κ1) is 17.4. The molecule has 0 radical (unpaired) electrons. The van der Waals surface area contributed by atoms with Gasteiger partial charge in [-0.05, 0) is 37.5 Å². The standard InChI is InChI=1S/C21H22N4O2/c1-15(16-6-3-2-4-7-16)21(26)25-12-9-17(10-13-25)19-23-20(27-24-19)18-8-5-11-22-14-18/h2-8,11,14-15,17H,9-10,12-13H2,1H3/t15-/m1/s1. The maximum absolute atomic E-state index is 12.8. The van der Waals surface area contributed by atoms with Crippen LogP contribution in [0.5, 0.6) is 0 Å². The minimum Gasteiger partial charge on any atom is -0.342 e. The van der Waals surface area contributed by atoms with Gasteiger partial charge in [0.2, 0.25) is 5.91 Å². The molecule has 27 heavy (non-hydrogen) atoms. The van der Waals surface area contributed by atoms with E-state index >= 15 is 0 Å². The van der Waals surface area contributed by atoms with E-state index in [2.05, 4.69) is 15.1 Å². The van der Waals surface area contributed by atoms with E-state index in [0.29, 0.717) is 5.89 Å². The first-order valence-electron chi connectivity index (χ1n) is 9.30. The molecule has 2 aromatic heterocycles. The van der Waals surface area contributed by atoms with Crippen LogP contribution in [0.25, 0.3) is 11.5 Å². The van der Waals surface area contributed by atoms with Crippen LogP contribution >= 0.6 is 0 Å². The molecule has 6 heteroatoms. The third-order valence-electron chi connectivity index (χ3n) is 5.19. The Labute approximate surface area is 158 Å². The van der Waals surface area contributed by atoms with Gasteiger partial charge < -0.3 is 9.42 Å². The van der Waals surface area contributed by atoms with E-state index < -0.39 is 0 Å². The second-order valence-corrected chi connectivity index (χ2v) is 6.93. The van der Waals surface area contributed by atoms with Crippen LogP contribution in [-0.2, 0) is 4.79 Å². The Morgan fingerprint density at radius 2 is 1.93 bits per heavy atom. The van der Waals surface area contributed by atoms with Crippen molar-refractivity contribution < 1.29 is 9.32 Å². The Kier molecular flexibility index (Phi) is 4.96. The lowest BCUT2D eigenvalue weighted by atomic mass is 9.93. The predicted octanol–water partition coefficient (Wildman–Crippen LogP) is 3.64. The van der Waals surface area contributed by atoms with Gasteiger partial charge in [-0.15, -0.1) is 0 Å². The van der Waals surface area contributed by atoms with Crippen molar-refractivity contribution in [3.05, 3.63) is 66.2 Å². The Balaban J connectivity index is 1.38. The highest BCUT2D eigenvalue weighted by molar-refractivity contribution is 5.83. The fourth-order valence-electron chi connectivity index (χ4n) is 3.52. The van der Waals surface area contributed by atoms with E-state index in [1.165, 1.54) is 0 Å². The quantitative estimate of drug-likeness (QED) is 0.708. The zero-order valence-electron chi connectivity index (χ0n) is 15.3. The lowest BCUT2D eigenvalue weighted by Crippen LogP contribution is -2.40. The number of likely N-dealkylation sites (tertiary alicyclic amines) is 1. The zero-order chi connectivity index (χ0) is 18.6. The summed E-state index contributed by atoms with van der Waals surface area (Å²) in [6, 6.07) is 13.7. The van der Waals surface area contributed by atoms with Gasteiger partial charge in [0.05, 0.1) is 11.5 Å². The maximum atomic E-state index is 12.8. The Morgan fingerprint density at radius 1 is 1.15 bits per heavy atom. The van der Waals surface area contributed by atoms with Gasteiger partial charge in [0.25, 0.3) is 5.89 Å². The molecule has 6 nitrogen and oxygen atoms in total. The molecule has 0 unspecified atom stereocenters. The SMILES string of the molecule is C[C@@H](C(=O)N1CCC(c2noc(-c3cccnc3)n2)CC1)c1ccccc1. The summed E-state index contributed by atoms with van der Waals surface area (Å²) in [6.45, 7) is 3.41. The number of piperidine rings is 1. The summed E-state index contributed by atoms with van der Waals surface area (Å²) >= 11 is 0. The predicted molar refractivity (Wildman–Crippen MR) is 101 cm³/mol. The Morgan fingerprint density at radius 3 is 2.63 bits per heavy atom. The van der Waals surface area contributed by atoms with Crippen molar-refractivity contribution in [2.24, 2.45) is 0 Å². The molecule has 138 valence electrons. The topological polar surface area (TPSA) is 72.1 Å². The summed E-state index contributed by atoms with van der Waals surface area (Å²) in [4.78, 5) is 23.4. The number of hydrogen-bond donors (Lipinski definition) is 0. The van der Waals surface area contributed by atoms with Crippen molar-refractivity contribution in [3.63, 3.8) is 0 Å². The van der Waals surface area contributed by atoms with Gasteiger partial charge in [-0.2, -0.15) is 4.98 Å². The van der Waals surface area contributed by atoms with Crippen molar-refractivity contribution in [2.45, 2.75) is 31.6 Å². The monoisotopic (exact) mass is 362 g/mol. The molecule has 0 spiro atoms. The van der Waals surface area contributed by atoms with Gasteiger partial charge in [-0.1, -0.05) is 35.5 Å². The Hall–Kier alpha value is -3.02. The normalized spacial score (nSPS) is 16.3. The zero-order valence-corrected chi connectivity index (χ0v) is 15.3. The van der Waals surface area contributed by atoms with Crippen LogP contribution in [-0.4, -0.2) is 39.0 Å². The van der Waals surface area contributed by atoms with Crippen LogP contribution in [0.3, 0.4) is 0 Å². The third kappa shape index (κ3) is 3.74. The van der Waals surface area contributed by atoms with Gasteiger partial charge >= 0.3 is 0 Å². The molecule has 1 atom stereocenters. The van der Waals surface area contributed by atoms with E-state index in [1.807, 2.05) is 54.3 Å². The van der Waals surface area contributed by atoms with E-state index in [0.717, 1.165) is 42.9 Å². The highest BCUT2D eigenvalue weighted by atomic mass is 16.5. The minimum absolute atomic E-state index is 0.120. The molecule has 1 aliphatic rings. The number of carbonyl (C=O) groups is 1. The first-order chi connectivity index (χ1) is 13.2. The fourth-order valence-corrected chi connectivity index (χ4v) is 3.52. The molecule has 1 aliphatic heterocycles. The number of pyridine rings is 1. The number of benzene rings is 1. The van der Waals surface area contributed by atoms with E-state index in [1.54, 1.807) is 12.4 Å². The molecule has 0 bridgehead atoms. The van der Waals surface area contributed by atoms with Gasteiger partial charge in [0, 0.05) is 31.4 Å². The van der Waals surface area contributed by atoms with Crippen molar-refractivity contribution >= 4 is 5.91 Å². The number of hydrogen-bond acceptors (Lipinski definition) is 5. The lowest BCUT2D eigenvalue weighted by molar-refractivity contribution is -0.133. The molecule has 0 saturated carbocycles.